The quantitative estimate of drug-likeness (QED) is 0.672. The summed E-state index contributed by atoms with van der Waals surface area (Å²) in [6.07, 6.45) is 5.26. The first kappa shape index (κ1) is 14.3. The van der Waals surface area contributed by atoms with Gasteiger partial charge in [-0.3, -0.25) is 0 Å². The SMILES string of the molecule is CCC(C)C1CN(CCCOCC2CC2)CCN1. The van der Waals surface area contributed by atoms with Gasteiger partial charge in [0, 0.05) is 45.4 Å². The van der Waals surface area contributed by atoms with Gasteiger partial charge in [0.1, 0.15) is 0 Å². The Hall–Kier alpha value is -0.120. The molecule has 2 fully saturated rings. The van der Waals surface area contributed by atoms with E-state index in [0.717, 1.165) is 31.6 Å². The van der Waals surface area contributed by atoms with E-state index in [4.69, 9.17) is 4.74 Å². The van der Waals surface area contributed by atoms with Crippen LogP contribution < -0.4 is 5.32 Å². The molecule has 2 atom stereocenters. The van der Waals surface area contributed by atoms with E-state index in [-0.39, 0.29) is 0 Å². The van der Waals surface area contributed by atoms with E-state index in [1.807, 2.05) is 0 Å². The lowest BCUT2D eigenvalue weighted by molar-refractivity contribution is 0.102. The van der Waals surface area contributed by atoms with E-state index in [9.17, 15) is 0 Å². The van der Waals surface area contributed by atoms with Crippen LogP contribution in [0.25, 0.3) is 0 Å². The molecule has 1 N–H and O–H groups in total. The van der Waals surface area contributed by atoms with Gasteiger partial charge >= 0.3 is 0 Å². The second-order valence-corrected chi connectivity index (χ2v) is 6.12. The fourth-order valence-electron chi connectivity index (χ4n) is 2.64. The topological polar surface area (TPSA) is 24.5 Å². The molecule has 3 heteroatoms. The van der Waals surface area contributed by atoms with E-state index in [0.29, 0.717) is 6.04 Å². The summed E-state index contributed by atoms with van der Waals surface area (Å²) < 4.78 is 5.70. The smallest absolute Gasteiger partial charge is 0.0494 e. The van der Waals surface area contributed by atoms with E-state index < -0.39 is 0 Å². The maximum Gasteiger partial charge on any atom is 0.0494 e. The maximum absolute atomic E-state index is 5.70. The summed E-state index contributed by atoms with van der Waals surface area (Å²) in [4.78, 5) is 2.60. The molecule has 0 aromatic rings. The fraction of sp³-hybridized carbons (Fsp3) is 1.00. The molecule has 1 saturated heterocycles. The highest BCUT2D eigenvalue weighted by atomic mass is 16.5. The Bertz CT molecular complexity index is 231. The molecule has 0 bridgehead atoms. The van der Waals surface area contributed by atoms with Crippen molar-refractivity contribution in [2.45, 2.75) is 45.6 Å². The zero-order valence-electron chi connectivity index (χ0n) is 12.2. The van der Waals surface area contributed by atoms with Crippen LogP contribution in [0.5, 0.6) is 0 Å². The highest BCUT2D eigenvalue weighted by molar-refractivity contribution is 4.81. The Kier molecular flexibility index (Phi) is 5.93. The largest absolute Gasteiger partial charge is 0.381 e. The molecule has 1 aliphatic carbocycles. The van der Waals surface area contributed by atoms with Gasteiger partial charge in [-0.05, 0) is 31.1 Å². The third-order valence-corrected chi connectivity index (χ3v) is 4.43. The molecule has 2 aliphatic rings. The Morgan fingerprint density at radius 3 is 2.94 bits per heavy atom. The van der Waals surface area contributed by atoms with Gasteiger partial charge in [-0.1, -0.05) is 20.3 Å². The summed E-state index contributed by atoms with van der Waals surface area (Å²) in [5.41, 5.74) is 0. The van der Waals surface area contributed by atoms with Gasteiger partial charge in [0.05, 0.1) is 0 Å². The minimum Gasteiger partial charge on any atom is -0.381 e. The van der Waals surface area contributed by atoms with Crippen molar-refractivity contribution in [2.24, 2.45) is 11.8 Å². The van der Waals surface area contributed by atoms with E-state index in [1.54, 1.807) is 0 Å². The van der Waals surface area contributed by atoms with Crippen molar-refractivity contribution in [2.75, 3.05) is 39.4 Å². The van der Waals surface area contributed by atoms with Crippen LogP contribution >= 0.6 is 0 Å². The molecule has 3 nitrogen and oxygen atoms in total. The minimum atomic E-state index is 0.691. The van der Waals surface area contributed by atoms with Crippen molar-refractivity contribution in [3.8, 4) is 0 Å². The van der Waals surface area contributed by atoms with Gasteiger partial charge in [-0.25, -0.2) is 0 Å². The molecular weight excluding hydrogens is 224 g/mol. The van der Waals surface area contributed by atoms with Gasteiger partial charge < -0.3 is 15.0 Å². The number of ether oxygens (including phenoxy) is 1. The third-order valence-electron chi connectivity index (χ3n) is 4.43. The highest BCUT2D eigenvalue weighted by Crippen LogP contribution is 2.28. The lowest BCUT2D eigenvalue weighted by Gasteiger charge is -2.36. The number of piperazine rings is 1. The van der Waals surface area contributed by atoms with Crippen LogP contribution in [0.4, 0.5) is 0 Å². The molecule has 18 heavy (non-hydrogen) atoms. The van der Waals surface area contributed by atoms with Gasteiger partial charge in [0.25, 0.3) is 0 Å². The molecule has 0 spiro atoms. The predicted octanol–water partition coefficient (Wildman–Crippen LogP) is 2.12. The molecule has 1 heterocycles. The average Bonchev–Trinajstić information content (AvgIpc) is 3.22. The summed E-state index contributed by atoms with van der Waals surface area (Å²) in [7, 11) is 0. The van der Waals surface area contributed by atoms with Gasteiger partial charge in [-0.2, -0.15) is 0 Å². The van der Waals surface area contributed by atoms with Crippen molar-refractivity contribution < 1.29 is 4.74 Å². The molecule has 2 unspecified atom stereocenters. The lowest BCUT2D eigenvalue weighted by atomic mass is 9.97. The van der Waals surface area contributed by atoms with Crippen LogP contribution in [-0.4, -0.2) is 50.3 Å². The molecule has 0 aromatic carbocycles. The normalized spacial score (nSPS) is 27.3. The van der Waals surface area contributed by atoms with Crippen LogP contribution in [0.15, 0.2) is 0 Å². The number of nitrogens with zero attached hydrogens (tertiary/aromatic N) is 1. The van der Waals surface area contributed by atoms with E-state index in [2.05, 4.69) is 24.1 Å². The standard InChI is InChI=1S/C15H30N2O/c1-3-13(2)15-11-17(9-7-16-15)8-4-10-18-12-14-5-6-14/h13-16H,3-12H2,1-2H3. The van der Waals surface area contributed by atoms with Crippen molar-refractivity contribution in [3.63, 3.8) is 0 Å². The Morgan fingerprint density at radius 1 is 1.39 bits per heavy atom. The summed E-state index contributed by atoms with van der Waals surface area (Å²) >= 11 is 0. The molecule has 1 saturated carbocycles. The minimum absolute atomic E-state index is 0.691. The van der Waals surface area contributed by atoms with Crippen LogP contribution in [0.1, 0.15) is 39.5 Å². The fourth-order valence-corrected chi connectivity index (χ4v) is 2.64. The maximum atomic E-state index is 5.70. The monoisotopic (exact) mass is 254 g/mol. The molecule has 0 radical (unpaired) electrons. The first-order valence-electron chi connectivity index (χ1n) is 7.83. The van der Waals surface area contributed by atoms with Crippen molar-refractivity contribution in [1.29, 1.82) is 0 Å². The molecule has 0 amide bonds. The molecule has 0 aromatic heterocycles. The zero-order valence-corrected chi connectivity index (χ0v) is 12.2. The Labute approximate surface area is 112 Å². The number of hydrogen-bond donors (Lipinski definition) is 1. The average molecular weight is 254 g/mol. The number of nitrogens with one attached hydrogen (secondary N) is 1. The first-order valence-corrected chi connectivity index (χ1v) is 7.83. The van der Waals surface area contributed by atoms with Gasteiger partial charge in [-0.15, -0.1) is 0 Å². The number of rotatable bonds is 8. The summed E-state index contributed by atoms with van der Waals surface area (Å²) in [6, 6.07) is 0.691. The summed E-state index contributed by atoms with van der Waals surface area (Å²) in [6.45, 7) is 11.4. The van der Waals surface area contributed by atoms with E-state index >= 15 is 0 Å². The second-order valence-electron chi connectivity index (χ2n) is 6.12. The molecular formula is C15H30N2O. The molecule has 106 valence electrons. The lowest BCUT2D eigenvalue weighted by Crippen LogP contribution is -2.53. The Morgan fingerprint density at radius 2 is 2.22 bits per heavy atom. The second kappa shape index (κ2) is 7.46. The Balaban J connectivity index is 1.54. The first-order chi connectivity index (χ1) is 8.79. The van der Waals surface area contributed by atoms with Crippen molar-refractivity contribution >= 4 is 0 Å². The van der Waals surface area contributed by atoms with Crippen LogP contribution in [0.3, 0.4) is 0 Å². The van der Waals surface area contributed by atoms with Crippen LogP contribution in [0.2, 0.25) is 0 Å². The molecule has 2 rings (SSSR count). The van der Waals surface area contributed by atoms with Crippen molar-refractivity contribution in [1.82, 2.24) is 10.2 Å². The highest BCUT2D eigenvalue weighted by Gasteiger charge is 2.23. The van der Waals surface area contributed by atoms with Crippen molar-refractivity contribution in [3.05, 3.63) is 0 Å². The summed E-state index contributed by atoms with van der Waals surface area (Å²) in [5.74, 6) is 1.69. The summed E-state index contributed by atoms with van der Waals surface area (Å²) in [5, 5.41) is 3.65. The van der Waals surface area contributed by atoms with Gasteiger partial charge in [0.15, 0.2) is 0 Å². The number of hydrogen-bond acceptors (Lipinski definition) is 3. The third kappa shape index (κ3) is 4.87. The van der Waals surface area contributed by atoms with Crippen LogP contribution in [-0.2, 0) is 4.74 Å². The van der Waals surface area contributed by atoms with E-state index in [1.165, 1.54) is 45.3 Å². The predicted molar refractivity (Wildman–Crippen MR) is 75.8 cm³/mol. The van der Waals surface area contributed by atoms with Crippen LogP contribution in [0, 0.1) is 11.8 Å². The molecule has 1 aliphatic heterocycles. The zero-order chi connectivity index (χ0) is 12.8. The van der Waals surface area contributed by atoms with Gasteiger partial charge in [0.2, 0.25) is 0 Å².